The zero-order valence-corrected chi connectivity index (χ0v) is 16.1. The molecule has 0 aliphatic carbocycles. The summed E-state index contributed by atoms with van der Waals surface area (Å²) >= 11 is 0. The third-order valence-corrected chi connectivity index (χ3v) is 4.19. The van der Waals surface area contributed by atoms with Crippen molar-refractivity contribution in [1.29, 1.82) is 5.26 Å². The van der Waals surface area contributed by atoms with Crippen molar-refractivity contribution in [2.24, 2.45) is 10.7 Å². The molecule has 28 heavy (non-hydrogen) atoms. The van der Waals surface area contributed by atoms with Gasteiger partial charge >= 0.3 is 0 Å². The van der Waals surface area contributed by atoms with Crippen LogP contribution in [-0.4, -0.2) is 37.4 Å². The maximum atomic E-state index is 8.75. The van der Waals surface area contributed by atoms with E-state index in [9.17, 15) is 0 Å². The summed E-state index contributed by atoms with van der Waals surface area (Å²) in [7, 11) is 1.47. The number of hydrogen-bond acceptors (Lipinski definition) is 9. The molecule has 0 spiro atoms. The second kappa shape index (κ2) is 11.7. The number of aliphatic imine (C=N–C) groups is 1. The number of allylic oxidation sites excluding steroid dienone is 1. The third kappa shape index (κ3) is 7.00. The molecule has 150 valence electrons. The summed E-state index contributed by atoms with van der Waals surface area (Å²) in [6.45, 7) is 5.66. The number of pyridine rings is 1. The minimum Gasteiger partial charge on any atom is -0.402 e. The largest absolute Gasteiger partial charge is 0.402 e. The lowest BCUT2D eigenvalue weighted by atomic mass is 10.0. The van der Waals surface area contributed by atoms with Gasteiger partial charge in [-0.2, -0.15) is 5.26 Å². The quantitative estimate of drug-likeness (QED) is 0.208. The van der Waals surface area contributed by atoms with Crippen LogP contribution in [-0.2, 0) is 16.4 Å². The Morgan fingerprint density at radius 3 is 3.11 bits per heavy atom. The highest BCUT2D eigenvalue weighted by Crippen LogP contribution is 2.21. The van der Waals surface area contributed by atoms with Gasteiger partial charge in [0.1, 0.15) is 24.3 Å². The van der Waals surface area contributed by atoms with Gasteiger partial charge in [0, 0.05) is 48.5 Å². The van der Waals surface area contributed by atoms with Gasteiger partial charge < -0.3 is 21.7 Å². The molecule has 2 heterocycles. The summed E-state index contributed by atoms with van der Waals surface area (Å²) in [5, 5.41) is 18.7. The van der Waals surface area contributed by atoms with Gasteiger partial charge in [0.05, 0.1) is 12.7 Å². The lowest BCUT2D eigenvalue weighted by Gasteiger charge is -2.24. The molecule has 0 radical (unpaired) electrons. The zero-order chi connectivity index (χ0) is 20.2. The Morgan fingerprint density at radius 2 is 2.43 bits per heavy atom. The number of hydrogen-bond donors (Lipinski definition) is 4. The van der Waals surface area contributed by atoms with Gasteiger partial charge in [0.25, 0.3) is 0 Å². The Morgan fingerprint density at radius 1 is 1.57 bits per heavy atom. The van der Waals surface area contributed by atoms with Crippen LogP contribution in [0.2, 0.25) is 0 Å². The lowest BCUT2D eigenvalue weighted by Crippen LogP contribution is -2.39. The van der Waals surface area contributed by atoms with Gasteiger partial charge in [0.15, 0.2) is 0 Å². The summed E-state index contributed by atoms with van der Waals surface area (Å²) in [5.74, 6) is 0.904. The highest BCUT2D eigenvalue weighted by Gasteiger charge is 2.14. The summed E-state index contributed by atoms with van der Waals surface area (Å²) in [6.07, 6.45) is 7.93. The van der Waals surface area contributed by atoms with Crippen LogP contribution in [0.4, 0.5) is 11.5 Å². The van der Waals surface area contributed by atoms with E-state index in [4.69, 9.17) is 20.8 Å². The van der Waals surface area contributed by atoms with E-state index in [0.717, 1.165) is 30.8 Å². The van der Waals surface area contributed by atoms with E-state index in [1.54, 1.807) is 6.20 Å². The molecule has 1 aromatic heterocycles. The number of nitrogens with zero attached hydrogens (tertiary/aromatic N) is 3. The van der Waals surface area contributed by atoms with E-state index in [2.05, 4.69) is 32.5 Å². The van der Waals surface area contributed by atoms with Crippen LogP contribution < -0.4 is 21.7 Å². The first-order valence-electron chi connectivity index (χ1n) is 9.10. The van der Waals surface area contributed by atoms with E-state index in [0.29, 0.717) is 17.7 Å². The topological polar surface area (TPSA) is 130 Å². The molecule has 2 rings (SSSR count). The monoisotopic (exact) mass is 385 g/mol. The molecule has 1 atom stereocenters. The Kier molecular flexibility index (Phi) is 8.94. The molecule has 9 heteroatoms. The van der Waals surface area contributed by atoms with Crippen LogP contribution in [0.1, 0.15) is 24.8 Å². The minimum absolute atomic E-state index is 0.225. The number of aromatic nitrogens is 1. The van der Waals surface area contributed by atoms with Crippen molar-refractivity contribution in [2.75, 3.05) is 30.8 Å². The fourth-order valence-corrected chi connectivity index (χ4v) is 2.71. The highest BCUT2D eigenvalue weighted by molar-refractivity contribution is 5.83. The fourth-order valence-electron chi connectivity index (χ4n) is 2.71. The molecule has 1 aliphatic heterocycles. The molecule has 0 amide bonds. The summed E-state index contributed by atoms with van der Waals surface area (Å²) in [5.41, 5.74) is 7.57. The third-order valence-electron chi connectivity index (χ3n) is 4.19. The molecule has 0 bridgehead atoms. The second-order valence-electron chi connectivity index (χ2n) is 6.26. The number of rotatable bonds is 10. The number of nitriles is 1. The van der Waals surface area contributed by atoms with Crippen LogP contribution in [0.25, 0.3) is 0 Å². The van der Waals surface area contributed by atoms with Crippen molar-refractivity contribution >= 4 is 17.7 Å². The number of nitrogens with two attached hydrogens (primary N) is 1. The van der Waals surface area contributed by atoms with Gasteiger partial charge in [-0.05, 0) is 19.4 Å². The first kappa shape index (κ1) is 21.4. The fraction of sp³-hybridized carbons (Fsp3) is 0.421. The van der Waals surface area contributed by atoms with Gasteiger partial charge in [0.2, 0.25) is 0 Å². The first-order valence-corrected chi connectivity index (χ1v) is 9.10. The second-order valence-corrected chi connectivity index (χ2v) is 6.26. The predicted molar refractivity (Wildman–Crippen MR) is 109 cm³/mol. The van der Waals surface area contributed by atoms with Gasteiger partial charge in [-0.25, -0.2) is 19.8 Å². The molecule has 9 nitrogen and oxygen atoms in total. The average molecular weight is 385 g/mol. The number of nitrogens with one attached hydrogen (secondary N) is 3. The van der Waals surface area contributed by atoms with E-state index in [-0.39, 0.29) is 12.2 Å². The van der Waals surface area contributed by atoms with E-state index in [1.807, 2.05) is 12.1 Å². The average Bonchev–Trinajstić information content (AvgIpc) is 2.74. The molecule has 1 fully saturated rings. The molecule has 1 aromatic rings. The van der Waals surface area contributed by atoms with Crippen molar-refractivity contribution in [3.05, 3.63) is 42.0 Å². The smallest absolute Gasteiger partial charge is 0.147 e. The maximum absolute atomic E-state index is 8.75. The van der Waals surface area contributed by atoms with Crippen LogP contribution in [0.5, 0.6) is 0 Å². The normalized spacial score (nSPS) is 17.3. The molecule has 0 aromatic carbocycles. The Balaban J connectivity index is 2.10. The maximum Gasteiger partial charge on any atom is 0.147 e. The van der Waals surface area contributed by atoms with Crippen molar-refractivity contribution in [1.82, 2.24) is 10.3 Å². The molecule has 5 N–H and O–H groups in total. The van der Waals surface area contributed by atoms with E-state index >= 15 is 0 Å². The van der Waals surface area contributed by atoms with Crippen LogP contribution in [0.15, 0.2) is 41.4 Å². The molecular formula is C19H27N7O2. The van der Waals surface area contributed by atoms with E-state index in [1.165, 1.54) is 32.4 Å². The van der Waals surface area contributed by atoms with Crippen LogP contribution in [0.3, 0.4) is 0 Å². The Labute approximate surface area is 165 Å². The van der Waals surface area contributed by atoms with Crippen molar-refractivity contribution in [3.8, 4) is 6.07 Å². The van der Waals surface area contributed by atoms with Gasteiger partial charge in [-0.15, -0.1) is 0 Å². The predicted octanol–water partition coefficient (Wildman–Crippen LogP) is 2.03. The van der Waals surface area contributed by atoms with E-state index < -0.39 is 0 Å². The SMILES string of the molecule is C=C(C#N)C=N/C(=C\N)Nc1cc(NCC2CCCCN2)c(COOC)cn1. The van der Waals surface area contributed by atoms with Gasteiger partial charge in [-0.3, -0.25) is 0 Å². The lowest BCUT2D eigenvalue weighted by molar-refractivity contribution is -0.282. The number of anilines is 2. The van der Waals surface area contributed by atoms with Crippen LogP contribution >= 0.6 is 0 Å². The minimum atomic E-state index is 0.225. The van der Waals surface area contributed by atoms with Crippen molar-refractivity contribution in [2.45, 2.75) is 31.9 Å². The van der Waals surface area contributed by atoms with Gasteiger partial charge in [-0.1, -0.05) is 13.0 Å². The first-order chi connectivity index (χ1) is 13.7. The molecule has 1 unspecified atom stereocenters. The Hall–Kier alpha value is -2.93. The van der Waals surface area contributed by atoms with Crippen molar-refractivity contribution in [3.63, 3.8) is 0 Å². The van der Waals surface area contributed by atoms with Crippen LogP contribution in [0, 0.1) is 11.3 Å². The summed E-state index contributed by atoms with van der Waals surface area (Å²) in [6, 6.07) is 4.18. The van der Waals surface area contributed by atoms with Crippen molar-refractivity contribution < 1.29 is 9.78 Å². The summed E-state index contributed by atoms with van der Waals surface area (Å²) < 4.78 is 0. The standard InChI is InChI=1S/C19H27N7O2/c1-14(8-20)10-24-19(9-21)26-18-7-17(15(11-25-18)13-28-27-2)23-12-16-5-3-4-6-22-16/h7,9-11,16,22H,1,3-6,12-13,21H2,2H3,(H2,23,25,26)/b19-9+,24-10?. The Bertz CT molecular complexity index is 749. The molecule has 0 saturated carbocycles. The molecular weight excluding hydrogens is 358 g/mol. The zero-order valence-electron chi connectivity index (χ0n) is 16.1. The summed E-state index contributed by atoms with van der Waals surface area (Å²) in [4.78, 5) is 18.2. The number of piperidine rings is 1. The highest BCUT2D eigenvalue weighted by atomic mass is 17.2. The molecule has 1 aliphatic rings. The molecule has 1 saturated heterocycles.